The van der Waals surface area contributed by atoms with E-state index in [2.05, 4.69) is 20.6 Å². The van der Waals surface area contributed by atoms with Gasteiger partial charge in [-0.3, -0.25) is 4.79 Å². The molecule has 4 atom stereocenters. The van der Waals surface area contributed by atoms with E-state index in [1.54, 1.807) is 19.2 Å². The molecule has 0 aliphatic heterocycles. The Morgan fingerprint density at radius 2 is 1.67 bits per heavy atom. The fraction of sp³-hybridized carbons (Fsp3) is 0.389. The Kier molecular flexibility index (Phi) is 8.71. The predicted molar refractivity (Wildman–Crippen MR) is 178 cm³/mol. The van der Waals surface area contributed by atoms with Crippen LogP contribution in [-0.4, -0.2) is 34.7 Å². The van der Waals surface area contributed by atoms with Crippen LogP contribution in [0.15, 0.2) is 67.0 Å². The summed E-state index contributed by atoms with van der Waals surface area (Å²) in [5, 5.41) is 6.10. The molecule has 46 heavy (non-hydrogen) atoms. The van der Waals surface area contributed by atoms with E-state index in [0.29, 0.717) is 40.6 Å². The van der Waals surface area contributed by atoms with Gasteiger partial charge in [0.25, 0.3) is 0 Å². The van der Waals surface area contributed by atoms with Crippen LogP contribution in [0.4, 0.5) is 10.1 Å². The molecule has 1 aromatic heterocycles. The van der Waals surface area contributed by atoms with Crippen molar-refractivity contribution < 1.29 is 23.4 Å². The summed E-state index contributed by atoms with van der Waals surface area (Å²) in [6, 6.07) is 17.3. The molecule has 1 heterocycles. The molecule has 3 fully saturated rings. The van der Waals surface area contributed by atoms with Crippen LogP contribution in [0.5, 0.6) is 23.1 Å². The maximum Gasteiger partial charge on any atom is 0.230 e. The van der Waals surface area contributed by atoms with Gasteiger partial charge in [0.2, 0.25) is 11.8 Å². The number of rotatable bonds is 9. The summed E-state index contributed by atoms with van der Waals surface area (Å²) in [5.74, 6) is 4.64. The molecule has 3 saturated carbocycles. The number of aromatic nitrogens is 2. The van der Waals surface area contributed by atoms with Crippen molar-refractivity contribution in [2.45, 2.75) is 44.9 Å². The van der Waals surface area contributed by atoms with Crippen molar-refractivity contribution in [3.8, 4) is 23.1 Å². The number of benzene rings is 3. The van der Waals surface area contributed by atoms with Gasteiger partial charge in [-0.05, 0) is 104 Å². The molecule has 3 aliphatic rings. The van der Waals surface area contributed by atoms with E-state index < -0.39 is 5.82 Å². The lowest BCUT2D eigenvalue weighted by Crippen LogP contribution is -2.35. The number of ether oxygens (including phenoxy) is 3. The SMILES string of the molecule is COc1cc2c(Oc3ccc(NC(=S)NC(=O)Cc4ccccc4)cc3F)ncnc2cc1OCC1CC2CC3CCC3CC2C1. The van der Waals surface area contributed by atoms with Gasteiger partial charge in [0, 0.05) is 17.8 Å². The van der Waals surface area contributed by atoms with Gasteiger partial charge in [-0.25, -0.2) is 14.4 Å². The summed E-state index contributed by atoms with van der Waals surface area (Å²) in [6.45, 7) is 0.657. The smallest absolute Gasteiger partial charge is 0.230 e. The molecule has 3 aliphatic carbocycles. The first-order chi connectivity index (χ1) is 22.4. The Hall–Kier alpha value is -4.31. The average molecular weight is 641 g/mol. The predicted octanol–water partition coefficient (Wildman–Crippen LogP) is 7.47. The molecule has 0 saturated heterocycles. The van der Waals surface area contributed by atoms with Crippen LogP contribution in [0.25, 0.3) is 10.9 Å². The number of hydrogen-bond acceptors (Lipinski definition) is 7. The summed E-state index contributed by atoms with van der Waals surface area (Å²) >= 11 is 5.25. The van der Waals surface area contributed by atoms with Gasteiger partial charge < -0.3 is 24.8 Å². The minimum absolute atomic E-state index is 0.0278. The zero-order chi connectivity index (χ0) is 31.6. The molecule has 4 aromatic rings. The van der Waals surface area contributed by atoms with Crippen LogP contribution < -0.4 is 24.8 Å². The number of nitrogens with one attached hydrogen (secondary N) is 2. The normalized spacial score (nSPS) is 23.0. The van der Waals surface area contributed by atoms with Crippen LogP contribution in [0.2, 0.25) is 0 Å². The first-order valence-corrected chi connectivity index (χ1v) is 16.4. The topological polar surface area (TPSA) is 94.6 Å². The van der Waals surface area contributed by atoms with E-state index in [9.17, 15) is 4.79 Å². The molecule has 7 rings (SSSR count). The van der Waals surface area contributed by atoms with Crippen LogP contribution >= 0.6 is 12.2 Å². The average Bonchev–Trinajstić information content (AvgIpc) is 3.44. The number of methoxy groups -OCH3 is 1. The zero-order valence-corrected chi connectivity index (χ0v) is 26.5. The fourth-order valence-electron chi connectivity index (χ4n) is 7.57. The Balaban J connectivity index is 0.987. The summed E-state index contributed by atoms with van der Waals surface area (Å²) in [5.41, 5.74) is 1.83. The van der Waals surface area contributed by atoms with Crippen LogP contribution in [0.3, 0.4) is 0 Å². The standard InChI is InChI=1S/C36H37FN4O4S/c1-43-32-17-28-30(18-33(32)44-19-22-11-25-14-23-7-8-24(23)15-26(25)12-22)38-20-39-35(28)45-31-10-9-27(16-29(31)37)40-36(46)41-34(42)13-21-5-3-2-4-6-21/h2-6,9-10,16-18,20,22-26H,7-8,11-15,19H2,1H3,(H2,40,41,42,46). The molecular weight excluding hydrogens is 603 g/mol. The molecule has 3 aromatic carbocycles. The second-order valence-corrected chi connectivity index (χ2v) is 13.3. The van der Waals surface area contributed by atoms with Gasteiger partial charge in [0.05, 0.1) is 31.0 Å². The van der Waals surface area contributed by atoms with E-state index >= 15 is 4.39 Å². The summed E-state index contributed by atoms with van der Waals surface area (Å²) in [4.78, 5) is 21.0. The van der Waals surface area contributed by atoms with Crippen LogP contribution in [0.1, 0.15) is 44.1 Å². The molecule has 10 heteroatoms. The number of carbonyl (C=O) groups is 1. The van der Waals surface area contributed by atoms with Gasteiger partial charge in [-0.2, -0.15) is 0 Å². The second kappa shape index (κ2) is 13.2. The first-order valence-electron chi connectivity index (χ1n) is 16.0. The first kappa shape index (κ1) is 30.3. The van der Waals surface area contributed by atoms with Crippen molar-refractivity contribution in [2.24, 2.45) is 29.6 Å². The molecule has 2 N–H and O–H groups in total. The number of halogens is 1. The molecule has 0 bridgehead atoms. The fourth-order valence-corrected chi connectivity index (χ4v) is 7.80. The number of hydrogen-bond donors (Lipinski definition) is 2. The highest BCUT2D eigenvalue weighted by Gasteiger charge is 2.45. The summed E-state index contributed by atoms with van der Waals surface area (Å²) in [6.07, 6.45) is 9.73. The molecular formula is C36H37FN4O4S. The molecule has 0 radical (unpaired) electrons. The maximum atomic E-state index is 15.2. The largest absolute Gasteiger partial charge is 0.493 e. The molecule has 1 amide bonds. The highest BCUT2D eigenvalue weighted by atomic mass is 32.1. The van der Waals surface area contributed by atoms with E-state index in [1.807, 2.05) is 36.4 Å². The van der Waals surface area contributed by atoms with Gasteiger partial charge in [-0.15, -0.1) is 0 Å². The quantitative estimate of drug-likeness (QED) is 0.182. The van der Waals surface area contributed by atoms with E-state index in [0.717, 1.165) is 29.2 Å². The second-order valence-electron chi connectivity index (χ2n) is 12.8. The Morgan fingerprint density at radius 1 is 0.913 bits per heavy atom. The number of thiocarbonyl (C=S) groups is 1. The zero-order valence-electron chi connectivity index (χ0n) is 25.7. The van der Waals surface area contributed by atoms with Crippen molar-refractivity contribution in [1.82, 2.24) is 15.3 Å². The van der Waals surface area contributed by atoms with Crippen molar-refractivity contribution in [1.29, 1.82) is 0 Å². The lowest BCUT2D eigenvalue weighted by molar-refractivity contribution is -0.119. The number of anilines is 1. The third-order valence-corrected chi connectivity index (χ3v) is 10.1. The van der Waals surface area contributed by atoms with Crippen molar-refractivity contribution in [3.63, 3.8) is 0 Å². The van der Waals surface area contributed by atoms with Gasteiger partial charge >= 0.3 is 0 Å². The number of carbonyl (C=O) groups excluding carboxylic acids is 1. The Bertz CT molecular complexity index is 1740. The molecule has 8 nitrogen and oxygen atoms in total. The van der Waals surface area contributed by atoms with E-state index in [1.165, 1.54) is 57.0 Å². The number of amides is 1. The molecule has 238 valence electrons. The minimum atomic E-state index is -0.632. The Morgan fingerprint density at radius 3 is 2.37 bits per heavy atom. The maximum absolute atomic E-state index is 15.2. The van der Waals surface area contributed by atoms with Crippen molar-refractivity contribution >= 4 is 39.8 Å². The molecule has 4 unspecified atom stereocenters. The lowest BCUT2D eigenvalue weighted by Gasteiger charge is -2.46. The van der Waals surface area contributed by atoms with Crippen molar-refractivity contribution in [2.75, 3.05) is 19.0 Å². The van der Waals surface area contributed by atoms with Gasteiger partial charge in [0.15, 0.2) is 28.2 Å². The van der Waals surface area contributed by atoms with E-state index in [-0.39, 0.29) is 29.1 Å². The van der Waals surface area contributed by atoms with Crippen molar-refractivity contribution in [3.05, 3.63) is 78.4 Å². The minimum Gasteiger partial charge on any atom is -0.493 e. The number of fused-ring (bicyclic) bond motifs is 3. The summed E-state index contributed by atoms with van der Waals surface area (Å²) < 4.78 is 33.1. The lowest BCUT2D eigenvalue weighted by atomic mass is 9.60. The number of nitrogens with zero attached hydrogens (tertiary/aromatic N) is 2. The third kappa shape index (κ3) is 6.63. The van der Waals surface area contributed by atoms with E-state index in [4.69, 9.17) is 26.4 Å². The van der Waals surface area contributed by atoms with Gasteiger partial charge in [-0.1, -0.05) is 30.3 Å². The highest BCUT2D eigenvalue weighted by molar-refractivity contribution is 7.80. The van der Waals surface area contributed by atoms with Crippen LogP contribution in [0, 0.1) is 35.4 Å². The Labute approximate surface area is 273 Å². The van der Waals surface area contributed by atoms with Crippen LogP contribution in [-0.2, 0) is 11.2 Å². The third-order valence-electron chi connectivity index (χ3n) is 9.94. The van der Waals surface area contributed by atoms with Gasteiger partial charge in [0.1, 0.15) is 6.33 Å². The highest BCUT2D eigenvalue weighted by Crippen LogP contribution is 2.55. The monoisotopic (exact) mass is 640 g/mol. The summed E-state index contributed by atoms with van der Waals surface area (Å²) in [7, 11) is 1.60. The molecule has 0 spiro atoms.